The summed E-state index contributed by atoms with van der Waals surface area (Å²) >= 11 is 3.55. The summed E-state index contributed by atoms with van der Waals surface area (Å²) in [5.74, 6) is 0.407. The van der Waals surface area contributed by atoms with Crippen molar-refractivity contribution in [1.29, 1.82) is 0 Å². The van der Waals surface area contributed by atoms with Gasteiger partial charge in [-0.15, -0.1) is 0 Å². The van der Waals surface area contributed by atoms with E-state index < -0.39 is 0 Å². The van der Waals surface area contributed by atoms with Gasteiger partial charge in [0.15, 0.2) is 0 Å². The lowest BCUT2D eigenvalue weighted by molar-refractivity contribution is 0.233. The second kappa shape index (κ2) is 7.09. The van der Waals surface area contributed by atoms with Gasteiger partial charge in [0.1, 0.15) is 0 Å². The predicted octanol–water partition coefficient (Wildman–Crippen LogP) is 2.77. The number of benzene rings is 1. The molecule has 1 aromatic rings. The highest BCUT2D eigenvalue weighted by Crippen LogP contribution is 2.43. The molecule has 20 heavy (non-hydrogen) atoms. The largest absolute Gasteiger partial charge is 0.396 e. The van der Waals surface area contributed by atoms with E-state index in [1.807, 2.05) is 25.1 Å². The first-order valence-electron chi connectivity index (χ1n) is 7.04. The molecule has 0 saturated heterocycles. The fourth-order valence-corrected chi connectivity index (χ4v) is 2.96. The number of carbonyl (C=O) groups excluding carboxylic acids is 1. The van der Waals surface area contributed by atoms with Gasteiger partial charge in [0.2, 0.25) is 0 Å². The normalized spacial score (nSPS) is 22.1. The minimum Gasteiger partial charge on any atom is -0.396 e. The lowest BCUT2D eigenvalue weighted by Crippen LogP contribution is -2.42. The summed E-state index contributed by atoms with van der Waals surface area (Å²) in [4.78, 5) is 11.8. The van der Waals surface area contributed by atoms with E-state index in [9.17, 15) is 4.79 Å². The van der Waals surface area contributed by atoms with Crippen molar-refractivity contribution in [3.8, 4) is 0 Å². The van der Waals surface area contributed by atoms with Gasteiger partial charge in [-0.3, -0.25) is 0 Å². The summed E-state index contributed by atoms with van der Waals surface area (Å²) in [6.07, 6.45) is 2.49. The standard InChI is InChI=1S/C15H21BrN2O2/c1-10(5-4-8-19)17-15(20)18-14-9-12(14)11-6-2-3-7-13(11)16/h2-3,6-7,10,12,14,19H,4-5,8-9H2,1H3,(H2,17,18,20). The summed E-state index contributed by atoms with van der Waals surface area (Å²) in [5.41, 5.74) is 1.26. The molecule has 1 aliphatic carbocycles. The molecule has 2 rings (SSSR count). The number of rotatable bonds is 6. The van der Waals surface area contributed by atoms with Crippen molar-refractivity contribution in [2.75, 3.05) is 6.61 Å². The van der Waals surface area contributed by atoms with Gasteiger partial charge in [0.05, 0.1) is 0 Å². The van der Waals surface area contributed by atoms with Crippen molar-refractivity contribution in [3.05, 3.63) is 34.3 Å². The van der Waals surface area contributed by atoms with Gasteiger partial charge in [-0.05, 0) is 37.8 Å². The van der Waals surface area contributed by atoms with E-state index in [-0.39, 0.29) is 24.7 Å². The van der Waals surface area contributed by atoms with Crippen LogP contribution in [0.25, 0.3) is 0 Å². The van der Waals surface area contributed by atoms with Crippen LogP contribution in [-0.2, 0) is 0 Å². The molecule has 0 spiro atoms. The van der Waals surface area contributed by atoms with Gasteiger partial charge in [0, 0.05) is 29.1 Å². The molecule has 3 unspecified atom stereocenters. The van der Waals surface area contributed by atoms with Gasteiger partial charge in [-0.25, -0.2) is 4.79 Å². The van der Waals surface area contributed by atoms with Crippen LogP contribution in [0.5, 0.6) is 0 Å². The molecule has 0 radical (unpaired) electrons. The van der Waals surface area contributed by atoms with Gasteiger partial charge >= 0.3 is 6.03 Å². The van der Waals surface area contributed by atoms with Crippen LogP contribution in [0, 0.1) is 0 Å². The number of amides is 2. The quantitative estimate of drug-likeness (QED) is 0.745. The molecular formula is C15H21BrN2O2. The average molecular weight is 341 g/mol. The molecule has 3 N–H and O–H groups in total. The maximum Gasteiger partial charge on any atom is 0.315 e. The highest BCUT2D eigenvalue weighted by molar-refractivity contribution is 9.10. The van der Waals surface area contributed by atoms with E-state index in [1.54, 1.807) is 0 Å². The van der Waals surface area contributed by atoms with E-state index in [0.717, 1.165) is 17.3 Å². The summed E-state index contributed by atoms with van der Waals surface area (Å²) in [5, 5.41) is 14.7. The Morgan fingerprint density at radius 2 is 2.25 bits per heavy atom. The number of urea groups is 1. The molecule has 4 nitrogen and oxygen atoms in total. The van der Waals surface area contributed by atoms with Gasteiger partial charge in [-0.2, -0.15) is 0 Å². The topological polar surface area (TPSA) is 61.4 Å². The van der Waals surface area contributed by atoms with Crippen LogP contribution in [-0.4, -0.2) is 29.8 Å². The Bertz CT molecular complexity index is 467. The van der Waals surface area contributed by atoms with E-state index in [4.69, 9.17) is 5.11 Å². The Kier molecular flexibility index (Phi) is 5.43. The molecule has 0 aliphatic heterocycles. The monoisotopic (exact) mass is 340 g/mol. The average Bonchev–Trinajstić information content (AvgIpc) is 3.15. The Morgan fingerprint density at radius 3 is 2.95 bits per heavy atom. The molecule has 110 valence electrons. The van der Waals surface area contributed by atoms with Crippen molar-refractivity contribution in [2.24, 2.45) is 0 Å². The highest BCUT2D eigenvalue weighted by atomic mass is 79.9. The number of hydrogen-bond acceptors (Lipinski definition) is 2. The molecular weight excluding hydrogens is 320 g/mol. The fourth-order valence-electron chi connectivity index (χ4n) is 2.38. The minimum atomic E-state index is -0.116. The molecule has 1 aliphatic rings. The predicted molar refractivity (Wildman–Crippen MR) is 82.7 cm³/mol. The SMILES string of the molecule is CC(CCCO)NC(=O)NC1CC1c1ccccc1Br. The first kappa shape index (κ1) is 15.3. The van der Waals surface area contributed by atoms with Crippen LogP contribution in [0.3, 0.4) is 0 Å². The lowest BCUT2D eigenvalue weighted by atomic mass is 10.1. The van der Waals surface area contributed by atoms with E-state index in [2.05, 4.69) is 32.6 Å². The van der Waals surface area contributed by atoms with Crippen LogP contribution in [0.2, 0.25) is 0 Å². The zero-order valence-corrected chi connectivity index (χ0v) is 13.2. The third-order valence-corrected chi connectivity index (χ3v) is 4.31. The molecule has 1 fully saturated rings. The summed E-state index contributed by atoms with van der Waals surface area (Å²) < 4.78 is 1.10. The van der Waals surface area contributed by atoms with Crippen LogP contribution in [0.4, 0.5) is 4.79 Å². The lowest BCUT2D eigenvalue weighted by Gasteiger charge is -2.14. The molecule has 5 heteroatoms. The second-order valence-corrected chi connectivity index (χ2v) is 6.21. The number of aliphatic hydroxyl groups is 1. The summed E-state index contributed by atoms with van der Waals surface area (Å²) in [6.45, 7) is 2.12. The molecule has 3 atom stereocenters. The van der Waals surface area contributed by atoms with Crippen LogP contribution in [0.1, 0.15) is 37.7 Å². The molecule has 1 aromatic carbocycles. The zero-order chi connectivity index (χ0) is 14.5. The molecule has 0 bridgehead atoms. The number of carbonyl (C=O) groups is 1. The number of halogens is 1. The Labute approximate surface area is 128 Å². The van der Waals surface area contributed by atoms with Crippen molar-refractivity contribution in [2.45, 2.75) is 44.2 Å². The fraction of sp³-hybridized carbons (Fsp3) is 0.533. The number of hydrogen-bond donors (Lipinski definition) is 3. The number of aliphatic hydroxyl groups excluding tert-OH is 1. The van der Waals surface area contributed by atoms with Crippen LogP contribution < -0.4 is 10.6 Å². The molecule has 0 aromatic heterocycles. The van der Waals surface area contributed by atoms with Crippen LogP contribution in [0.15, 0.2) is 28.7 Å². The zero-order valence-electron chi connectivity index (χ0n) is 11.6. The van der Waals surface area contributed by atoms with E-state index in [1.165, 1.54) is 5.56 Å². The summed E-state index contributed by atoms with van der Waals surface area (Å²) in [7, 11) is 0. The van der Waals surface area contributed by atoms with Crippen LogP contribution >= 0.6 is 15.9 Å². The van der Waals surface area contributed by atoms with Crippen molar-refractivity contribution in [3.63, 3.8) is 0 Å². The molecule has 2 amide bonds. The summed E-state index contributed by atoms with van der Waals surface area (Å²) in [6, 6.07) is 8.33. The van der Waals surface area contributed by atoms with Crippen molar-refractivity contribution >= 4 is 22.0 Å². The third kappa shape index (κ3) is 4.21. The maximum atomic E-state index is 11.8. The van der Waals surface area contributed by atoms with Crippen molar-refractivity contribution in [1.82, 2.24) is 10.6 Å². The van der Waals surface area contributed by atoms with Crippen molar-refractivity contribution < 1.29 is 9.90 Å². The first-order chi connectivity index (χ1) is 9.61. The Hall–Kier alpha value is -1.07. The van der Waals surface area contributed by atoms with Gasteiger partial charge in [-0.1, -0.05) is 34.1 Å². The van der Waals surface area contributed by atoms with Gasteiger partial charge < -0.3 is 15.7 Å². The van der Waals surface area contributed by atoms with E-state index in [0.29, 0.717) is 12.3 Å². The molecule has 1 saturated carbocycles. The first-order valence-corrected chi connectivity index (χ1v) is 7.83. The van der Waals surface area contributed by atoms with Gasteiger partial charge in [0.25, 0.3) is 0 Å². The minimum absolute atomic E-state index is 0.0859. The maximum absolute atomic E-state index is 11.8. The Morgan fingerprint density at radius 1 is 1.50 bits per heavy atom. The molecule has 0 heterocycles. The number of nitrogens with one attached hydrogen (secondary N) is 2. The second-order valence-electron chi connectivity index (χ2n) is 5.35. The van der Waals surface area contributed by atoms with E-state index >= 15 is 0 Å². The third-order valence-electron chi connectivity index (χ3n) is 3.58. The Balaban J connectivity index is 1.76. The highest BCUT2D eigenvalue weighted by Gasteiger charge is 2.40. The smallest absolute Gasteiger partial charge is 0.315 e.